The molecule has 2 heterocycles. The third-order valence-corrected chi connectivity index (χ3v) is 3.47. The average molecular weight is 304 g/mol. The zero-order chi connectivity index (χ0) is 14.2. The van der Waals surface area contributed by atoms with Gasteiger partial charge in [-0.25, -0.2) is 0 Å². The normalized spacial score (nSPS) is 9.80. The molecule has 0 aliphatic heterocycles. The van der Waals surface area contributed by atoms with Crippen LogP contribution in [0.15, 0.2) is 49.1 Å². The number of rotatable bonds is 5. The van der Waals surface area contributed by atoms with Gasteiger partial charge in [-0.2, -0.15) is 0 Å². The van der Waals surface area contributed by atoms with Crippen molar-refractivity contribution < 1.29 is 18.3 Å². The molecule has 2 aromatic rings. The molecule has 0 aliphatic rings. The summed E-state index contributed by atoms with van der Waals surface area (Å²) < 4.78 is 24.7. The molecular formula is C14H14N2O2P2+4. The Bertz CT molecular complexity index is 610. The molecule has 98 valence electrons. The van der Waals surface area contributed by atoms with Crippen molar-refractivity contribution in [2.45, 2.75) is 13.1 Å². The van der Waals surface area contributed by atoms with Gasteiger partial charge in [-0.3, -0.25) is 0 Å². The third kappa shape index (κ3) is 4.26. The molecule has 0 unspecified atom stereocenters. The summed E-state index contributed by atoms with van der Waals surface area (Å²) in [4.78, 5) is 0. The second-order valence-electron chi connectivity index (χ2n) is 4.14. The topological polar surface area (TPSA) is 41.9 Å². The Labute approximate surface area is 120 Å². The van der Waals surface area contributed by atoms with E-state index in [2.05, 4.69) is 0 Å². The van der Waals surface area contributed by atoms with Crippen molar-refractivity contribution in [3.05, 3.63) is 49.1 Å². The van der Waals surface area contributed by atoms with Gasteiger partial charge in [0.15, 0.2) is 0 Å². The van der Waals surface area contributed by atoms with Crippen LogP contribution in [0.5, 0.6) is 0 Å². The molecule has 2 rings (SSSR count). The quantitative estimate of drug-likeness (QED) is 0.627. The maximum atomic E-state index is 10.4. The van der Waals surface area contributed by atoms with Crippen LogP contribution in [0.3, 0.4) is 0 Å². The molecular weight excluding hydrogens is 290 g/mol. The number of pyridine rings is 2. The van der Waals surface area contributed by atoms with Crippen LogP contribution in [0.2, 0.25) is 0 Å². The van der Waals surface area contributed by atoms with E-state index in [1.54, 1.807) is 11.6 Å². The van der Waals surface area contributed by atoms with E-state index in [1.807, 2.05) is 58.2 Å². The summed E-state index contributed by atoms with van der Waals surface area (Å²) in [6.07, 6.45) is 7.84. The molecule has 0 spiro atoms. The van der Waals surface area contributed by atoms with Crippen LogP contribution in [0.25, 0.3) is 11.1 Å². The molecule has 2 aromatic heterocycles. The van der Waals surface area contributed by atoms with Gasteiger partial charge in [0.2, 0.25) is 0 Å². The van der Waals surface area contributed by atoms with Gasteiger partial charge in [0.1, 0.15) is 0 Å². The van der Waals surface area contributed by atoms with Crippen molar-refractivity contribution >= 4 is 27.8 Å². The Balaban J connectivity index is 2.14. The average Bonchev–Trinajstić information content (AvgIpc) is 2.52. The van der Waals surface area contributed by atoms with E-state index in [1.165, 1.54) is 0 Å². The van der Waals surface area contributed by atoms with Gasteiger partial charge >= 0.3 is 119 Å². The molecule has 20 heavy (non-hydrogen) atoms. The van der Waals surface area contributed by atoms with E-state index in [0.717, 1.165) is 11.1 Å². The first kappa shape index (κ1) is 14.9. The van der Waals surface area contributed by atoms with Crippen LogP contribution in [0.1, 0.15) is 0 Å². The predicted molar refractivity (Wildman–Crippen MR) is 79.6 cm³/mol. The minimum atomic E-state index is 0.0539. The van der Waals surface area contributed by atoms with E-state index in [-0.39, 0.29) is 16.2 Å². The number of aromatic nitrogens is 2. The summed E-state index contributed by atoms with van der Waals surface area (Å²) in [5.74, 6) is 3.33. The molecule has 6 heteroatoms. The van der Waals surface area contributed by atoms with Crippen molar-refractivity contribution in [2.24, 2.45) is 0 Å². The Morgan fingerprint density at radius 1 is 0.750 bits per heavy atom. The first-order chi connectivity index (χ1) is 9.83. The summed E-state index contributed by atoms with van der Waals surface area (Å²) in [7, 11) is 0.108. The predicted octanol–water partition coefficient (Wildman–Crippen LogP) is 2.12. The summed E-state index contributed by atoms with van der Waals surface area (Å²) >= 11 is 0. The van der Waals surface area contributed by atoms with E-state index in [9.17, 15) is 9.13 Å². The van der Waals surface area contributed by atoms with Gasteiger partial charge in [0.25, 0.3) is 0 Å². The van der Waals surface area contributed by atoms with Gasteiger partial charge in [0, 0.05) is 0 Å². The summed E-state index contributed by atoms with van der Waals surface area (Å²) in [6, 6.07) is 8.10. The van der Waals surface area contributed by atoms with Crippen molar-refractivity contribution in [2.75, 3.05) is 0 Å². The first-order valence-corrected chi connectivity index (χ1v) is 7.86. The molecule has 0 bridgehead atoms. The SMILES string of the molecule is O=[P+]=CC[n+]1ccc(-c2cc[n+](CC=[P+]=O)cc2)cc1. The van der Waals surface area contributed by atoms with Crippen molar-refractivity contribution in [3.8, 4) is 11.1 Å². The first-order valence-electron chi connectivity index (χ1n) is 6.10. The van der Waals surface area contributed by atoms with E-state index in [4.69, 9.17) is 0 Å². The number of nitrogens with zero attached hydrogens (tertiary/aromatic N) is 2. The van der Waals surface area contributed by atoms with Gasteiger partial charge < -0.3 is 0 Å². The molecule has 0 aromatic carbocycles. The number of hydrogen-bond acceptors (Lipinski definition) is 2. The van der Waals surface area contributed by atoms with Crippen LogP contribution in [0.4, 0.5) is 0 Å². The molecule has 0 saturated heterocycles. The van der Waals surface area contributed by atoms with Crippen LogP contribution in [-0.4, -0.2) is 11.6 Å². The Morgan fingerprint density at radius 3 is 1.40 bits per heavy atom. The standard InChI is InChI=1S/C14H14N2O2P2/c17-19-11-9-15-5-1-13(2-6-15)14-3-7-16(8-4-14)10-12-20-18/h1-8,11-12H,9-10H2/q+4. The van der Waals surface area contributed by atoms with Gasteiger partial charge in [0.05, 0.1) is 0 Å². The second kappa shape index (κ2) is 7.94. The Kier molecular flexibility index (Phi) is 5.91. The van der Waals surface area contributed by atoms with Crippen LogP contribution in [-0.2, 0) is 22.2 Å². The second-order valence-corrected chi connectivity index (χ2v) is 5.30. The van der Waals surface area contributed by atoms with Crippen molar-refractivity contribution in [3.63, 3.8) is 0 Å². The molecule has 0 saturated carbocycles. The molecule has 0 fully saturated rings. The zero-order valence-corrected chi connectivity index (χ0v) is 12.6. The number of hydrogen-bond donors (Lipinski definition) is 0. The third-order valence-electron chi connectivity index (χ3n) is 2.85. The fourth-order valence-electron chi connectivity index (χ4n) is 1.80. The van der Waals surface area contributed by atoms with Gasteiger partial charge in [-0.05, 0) is 0 Å². The minimum absolute atomic E-state index is 0.0539. The van der Waals surface area contributed by atoms with Crippen LogP contribution < -0.4 is 9.13 Å². The van der Waals surface area contributed by atoms with E-state index in [0.29, 0.717) is 13.1 Å². The van der Waals surface area contributed by atoms with Crippen LogP contribution >= 0.6 is 16.2 Å². The van der Waals surface area contributed by atoms with Crippen LogP contribution in [0, 0.1) is 0 Å². The van der Waals surface area contributed by atoms with Crippen molar-refractivity contribution in [1.82, 2.24) is 0 Å². The fraction of sp³-hybridized carbons (Fsp3) is 0.143. The molecule has 4 nitrogen and oxygen atoms in total. The zero-order valence-electron chi connectivity index (χ0n) is 10.8. The van der Waals surface area contributed by atoms with Gasteiger partial charge in [-0.1, -0.05) is 0 Å². The molecule has 0 aliphatic carbocycles. The summed E-state index contributed by atoms with van der Waals surface area (Å²) in [5.41, 5.74) is 2.25. The van der Waals surface area contributed by atoms with E-state index >= 15 is 0 Å². The Morgan fingerprint density at radius 2 is 1.10 bits per heavy atom. The maximum absolute atomic E-state index is 10.4. The Hall–Kier alpha value is -1.50. The van der Waals surface area contributed by atoms with Gasteiger partial charge in [-0.15, -0.1) is 0 Å². The fourth-order valence-corrected chi connectivity index (χ4v) is 2.31. The molecule has 0 radical (unpaired) electrons. The molecule has 0 amide bonds. The summed E-state index contributed by atoms with van der Waals surface area (Å²) in [5, 5.41) is 0. The molecule has 0 atom stereocenters. The monoisotopic (exact) mass is 304 g/mol. The van der Waals surface area contributed by atoms with Crippen molar-refractivity contribution in [1.29, 1.82) is 0 Å². The van der Waals surface area contributed by atoms with E-state index < -0.39 is 0 Å². The summed E-state index contributed by atoms with van der Waals surface area (Å²) in [6.45, 7) is 1.26. The molecule has 0 N–H and O–H groups in total.